The lowest BCUT2D eigenvalue weighted by molar-refractivity contribution is 0.749. The van der Waals surface area contributed by atoms with Crippen molar-refractivity contribution in [3.05, 3.63) is 90.7 Å². The zero-order valence-corrected chi connectivity index (χ0v) is 14.1. The van der Waals surface area contributed by atoms with Crippen LogP contribution in [0.4, 0.5) is 0 Å². The van der Waals surface area contributed by atoms with Crippen LogP contribution in [-0.4, -0.2) is 14.8 Å². The molecule has 25 heavy (non-hydrogen) atoms. The van der Waals surface area contributed by atoms with Crippen LogP contribution in [0, 0.1) is 11.3 Å². The largest absolute Gasteiger partial charge is 0.349 e. The number of H-pyrrole nitrogens is 1. The molecule has 2 aromatic carbocycles. The fourth-order valence-corrected chi connectivity index (χ4v) is 2.81. The third kappa shape index (κ3) is 3.48. The number of rotatable bonds is 3. The predicted octanol–water partition coefficient (Wildman–Crippen LogP) is 2.88. The van der Waals surface area contributed by atoms with Crippen LogP contribution in [-0.2, 0) is 0 Å². The molecule has 6 nitrogen and oxygen atoms in total. The highest BCUT2D eigenvalue weighted by Gasteiger charge is 2.17. The molecule has 0 unspecified atom stereocenters. The summed E-state index contributed by atoms with van der Waals surface area (Å²) >= 11 is 12.2. The predicted molar refractivity (Wildman–Crippen MR) is 94.4 cm³/mol. The molecule has 1 heterocycles. The molecule has 0 aliphatic carbocycles. The lowest BCUT2D eigenvalue weighted by atomic mass is 9.92. The first-order valence-corrected chi connectivity index (χ1v) is 7.89. The van der Waals surface area contributed by atoms with Crippen molar-refractivity contribution < 1.29 is 0 Å². The highest BCUT2D eigenvalue weighted by atomic mass is 35.5. The van der Waals surface area contributed by atoms with E-state index in [1.807, 2.05) is 0 Å². The number of nitrogens with one attached hydrogen (secondary N) is 1. The Hall–Kier alpha value is -2.88. The molecule has 0 amide bonds. The maximum Gasteiger partial charge on any atom is 0.349 e. The quantitative estimate of drug-likeness (QED) is 0.764. The number of hydrogen-bond donors (Lipinski definition) is 1. The molecule has 0 spiro atoms. The fraction of sp³-hybridized carbons (Fsp3) is 0.0588. The van der Waals surface area contributed by atoms with E-state index in [2.05, 4.69) is 16.2 Å². The Kier molecular flexibility index (Phi) is 4.70. The average Bonchev–Trinajstić information content (AvgIpc) is 2.58. The molecular weight excluding hydrogens is 363 g/mol. The molecule has 1 aromatic heterocycles. The van der Waals surface area contributed by atoms with Gasteiger partial charge in [-0.25, -0.2) is 4.79 Å². The van der Waals surface area contributed by atoms with E-state index in [4.69, 9.17) is 23.2 Å². The van der Waals surface area contributed by atoms with Gasteiger partial charge in [-0.15, -0.1) is 0 Å². The average molecular weight is 373 g/mol. The van der Waals surface area contributed by atoms with Crippen molar-refractivity contribution in [2.24, 2.45) is 0 Å². The number of aromatic amines is 1. The molecule has 124 valence electrons. The molecule has 0 radical (unpaired) electrons. The number of aromatic nitrogens is 3. The topological polar surface area (TPSA) is 91.5 Å². The first kappa shape index (κ1) is 17.0. The summed E-state index contributed by atoms with van der Waals surface area (Å²) in [5.74, 6) is -0.584. The van der Waals surface area contributed by atoms with Crippen LogP contribution in [0.3, 0.4) is 0 Å². The van der Waals surface area contributed by atoms with Crippen molar-refractivity contribution in [1.29, 1.82) is 5.26 Å². The molecule has 0 fully saturated rings. The van der Waals surface area contributed by atoms with E-state index in [0.717, 1.165) is 16.4 Å². The Morgan fingerprint density at radius 2 is 1.84 bits per heavy atom. The maximum atomic E-state index is 11.8. The minimum atomic E-state index is -0.675. The van der Waals surface area contributed by atoms with Gasteiger partial charge in [0.05, 0.1) is 17.7 Å². The summed E-state index contributed by atoms with van der Waals surface area (Å²) in [6, 6.07) is 13.9. The molecule has 0 aliphatic heterocycles. The van der Waals surface area contributed by atoms with Gasteiger partial charge in [-0.3, -0.25) is 9.78 Å². The summed E-state index contributed by atoms with van der Waals surface area (Å²) in [4.78, 5) is 25.0. The van der Waals surface area contributed by atoms with Gasteiger partial charge in [0.2, 0.25) is 0 Å². The molecule has 0 aliphatic rings. The van der Waals surface area contributed by atoms with E-state index in [0.29, 0.717) is 21.3 Å². The highest BCUT2D eigenvalue weighted by molar-refractivity contribution is 6.31. The Labute approximate surface area is 151 Å². The van der Waals surface area contributed by atoms with Gasteiger partial charge in [-0.2, -0.15) is 15.0 Å². The molecule has 3 aromatic rings. The summed E-state index contributed by atoms with van der Waals surface area (Å²) in [7, 11) is 0. The minimum absolute atomic E-state index is 0.305. The normalized spacial score (nSPS) is 11.7. The van der Waals surface area contributed by atoms with Crippen molar-refractivity contribution in [1.82, 2.24) is 14.8 Å². The Balaban J connectivity index is 2.04. The molecule has 8 heteroatoms. The second-order valence-electron chi connectivity index (χ2n) is 5.17. The standard InChI is InChI=1S/C17H10Cl2N4O2/c18-11-3-1-10(2-4-11)14(8-20)13-6-5-12(7-15(13)19)23-17(25)22-16(24)9-21-23/h1-7,9,14H,(H,22,24,25)/t14-/m1/s1. The van der Waals surface area contributed by atoms with Crippen molar-refractivity contribution in [3.63, 3.8) is 0 Å². The smallest absolute Gasteiger partial charge is 0.271 e. The van der Waals surface area contributed by atoms with E-state index < -0.39 is 17.2 Å². The highest BCUT2D eigenvalue weighted by Crippen LogP contribution is 2.31. The number of benzene rings is 2. The van der Waals surface area contributed by atoms with E-state index in [1.54, 1.807) is 36.4 Å². The summed E-state index contributed by atoms with van der Waals surface area (Å²) < 4.78 is 1.01. The van der Waals surface area contributed by atoms with Gasteiger partial charge in [0.15, 0.2) is 0 Å². The van der Waals surface area contributed by atoms with Crippen LogP contribution in [0.2, 0.25) is 10.0 Å². The van der Waals surface area contributed by atoms with E-state index in [-0.39, 0.29) is 0 Å². The van der Waals surface area contributed by atoms with Crippen molar-refractivity contribution >= 4 is 23.2 Å². The lowest BCUT2D eigenvalue weighted by Gasteiger charge is -2.13. The molecule has 1 N–H and O–H groups in total. The van der Waals surface area contributed by atoms with Crippen molar-refractivity contribution in [2.45, 2.75) is 5.92 Å². The first-order chi connectivity index (χ1) is 12.0. The van der Waals surface area contributed by atoms with Gasteiger partial charge in [0, 0.05) is 10.0 Å². The van der Waals surface area contributed by atoms with Gasteiger partial charge in [0.25, 0.3) is 5.56 Å². The zero-order chi connectivity index (χ0) is 18.0. The zero-order valence-electron chi connectivity index (χ0n) is 12.6. The second kappa shape index (κ2) is 6.93. The summed E-state index contributed by atoms with van der Waals surface area (Å²) in [5.41, 5.74) is 0.457. The van der Waals surface area contributed by atoms with Crippen LogP contribution in [0.1, 0.15) is 17.0 Å². The van der Waals surface area contributed by atoms with E-state index in [9.17, 15) is 14.9 Å². The maximum absolute atomic E-state index is 11.8. The molecular formula is C17H10Cl2N4O2. The molecule has 1 atom stereocenters. The first-order valence-electron chi connectivity index (χ1n) is 7.13. The number of hydrogen-bond acceptors (Lipinski definition) is 4. The summed E-state index contributed by atoms with van der Waals surface area (Å²) in [5, 5.41) is 14.2. The van der Waals surface area contributed by atoms with E-state index >= 15 is 0 Å². The lowest BCUT2D eigenvalue weighted by Crippen LogP contribution is -2.30. The van der Waals surface area contributed by atoms with Crippen LogP contribution in [0.15, 0.2) is 58.3 Å². The van der Waals surface area contributed by atoms with Crippen LogP contribution >= 0.6 is 23.2 Å². The fourth-order valence-electron chi connectivity index (χ4n) is 2.40. The minimum Gasteiger partial charge on any atom is -0.271 e. The summed E-state index contributed by atoms with van der Waals surface area (Å²) in [6.07, 6.45) is 0.995. The second-order valence-corrected chi connectivity index (χ2v) is 6.01. The van der Waals surface area contributed by atoms with Gasteiger partial charge in [0.1, 0.15) is 6.20 Å². The van der Waals surface area contributed by atoms with Gasteiger partial charge < -0.3 is 0 Å². The van der Waals surface area contributed by atoms with Gasteiger partial charge >= 0.3 is 5.69 Å². The molecule has 0 saturated carbocycles. The number of nitriles is 1. The third-order valence-electron chi connectivity index (χ3n) is 3.59. The Morgan fingerprint density at radius 1 is 1.12 bits per heavy atom. The van der Waals surface area contributed by atoms with Gasteiger partial charge in [-0.1, -0.05) is 41.4 Å². The SMILES string of the molecule is N#C[C@H](c1ccc(Cl)cc1)c1ccc(-n2ncc(=O)[nH]c2=O)cc1Cl. The van der Waals surface area contributed by atoms with Crippen LogP contribution < -0.4 is 11.2 Å². The third-order valence-corrected chi connectivity index (χ3v) is 4.16. The number of halogens is 2. The number of nitrogens with zero attached hydrogens (tertiary/aromatic N) is 3. The van der Waals surface area contributed by atoms with Crippen molar-refractivity contribution in [2.75, 3.05) is 0 Å². The summed E-state index contributed by atoms with van der Waals surface area (Å²) in [6.45, 7) is 0. The van der Waals surface area contributed by atoms with Crippen LogP contribution in [0.25, 0.3) is 5.69 Å². The Morgan fingerprint density at radius 3 is 2.44 bits per heavy atom. The van der Waals surface area contributed by atoms with Crippen molar-refractivity contribution in [3.8, 4) is 11.8 Å². The molecule has 0 bridgehead atoms. The molecule has 0 saturated heterocycles. The van der Waals surface area contributed by atoms with E-state index in [1.165, 1.54) is 6.07 Å². The van der Waals surface area contributed by atoms with Gasteiger partial charge in [-0.05, 0) is 35.4 Å². The molecule has 3 rings (SSSR count). The van der Waals surface area contributed by atoms with Crippen LogP contribution in [0.5, 0.6) is 0 Å². The monoisotopic (exact) mass is 372 g/mol. The Bertz CT molecular complexity index is 1080.